The minimum atomic E-state index is 1.17. The summed E-state index contributed by atoms with van der Waals surface area (Å²) in [5.74, 6) is 0. The molecule has 0 nitrogen and oxygen atoms in total. The minimum absolute atomic E-state index is 1.17. The highest BCUT2D eigenvalue weighted by molar-refractivity contribution is 6.51. The summed E-state index contributed by atoms with van der Waals surface area (Å²) in [5, 5.41) is 25.7. The van der Waals surface area contributed by atoms with Gasteiger partial charge in [-0.1, -0.05) is 226 Å². The van der Waals surface area contributed by atoms with Crippen LogP contribution in [0.2, 0.25) is 0 Å². The predicted molar refractivity (Wildman–Crippen MR) is 269 cm³/mol. The molecule has 0 aliphatic rings. The number of rotatable bonds is 22. The van der Waals surface area contributed by atoms with E-state index >= 15 is 0 Å². The highest BCUT2D eigenvalue weighted by Gasteiger charge is 2.24. The van der Waals surface area contributed by atoms with E-state index in [-0.39, 0.29) is 0 Å². The summed E-state index contributed by atoms with van der Waals surface area (Å²) in [6, 6.07) is 39.1. The molecule has 0 aliphatic heterocycles. The molecule has 0 aromatic heterocycles. The van der Waals surface area contributed by atoms with Gasteiger partial charge in [-0.25, -0.2) is 0 Å². The van der Waals surface area contributed by atoms with Gasteiger partial charge in [-0.2, -0.15) is 0 Å². The Kier molecular flexibility index (Phi) is 11.7. The molecule has 0 aliphatic carbocycles. The van der Waals surface area contributed by atoms with Crippen LogP contribution in [-0.2, 0) is 12.8 Å². The lowest BCUT2D eigenvalue weighted by atomic mass is 9.79. The van der Waals surface area contributed by atoms with Crippen LogP contribution in [0.15, 0.2) is 97.1 Å². The van der Waals surface area contributed by atoms with E-state index in [9.17, 15) is 0 Å². The molecule has 0 amide bonds. The fourth-order valence-corrected chi connectivity index (χ4v) is 11.7. The highest BCUT2D eigenvalue weighted by atomic mass is 14.3. The van der Waals surface area contributed by atoms with Crippen molar-refractivity contribution in [1.82, 2.24) is 0 Å². The smallest absolute Gasteiger partial charge is 0.000718 e. The zero-order chi connectivity index (χ0) is 40.4. The minimum Gasteiger partial charge on any atom is -0.0654 e. The summed E-state index contributed by atoms with van der Waals surface area (Å²) in [4.78, 5) is 0. The van der Waals surface area contributed by atoms with Crippen molar-refractivity contribution in [1.29, 1.82) is 0 Å². The first-order valence-electron chi connectivity index (χ1n) is 24.7. The maximum Gasteiger partial charge on any atom is -0.000718 e. The quantitative estimate of drug-likeness (QED) is 0.0365. The standard InChI is InChI=1S/C60H66/c1-3-5-7-9-11-13-15-17-19-21-25-41-31-33-43-49-35-37-52-46-28-24-30-48-54-40-42(26-22-20-18-16-14-12-10-8-6-4-2)32-34-44(54)50-36-38-51-45-27-23-29-47(53(43)39-41)55(45)57(49)59(52)60(51)58(50)56(46)48/h23-24,27-40H,3-22,25-26H2,1-2H3. The van der Waals surface area contributed by atoms with E-state index in [0.29, 0.717) is 0 Å². The van der Waals surface area contributed by atoms with Crippen LogP contribution < -0.4 is 0 Å². The molecule has 10 aromatic rings. The van der Waals surface area contributed by atoms with Crippen molar-refractivity contribution in [3.05, 3.63) is 108 Å². The average Bonchev–Trinajstić information content (AvgIpc) is 3.29. The molecular formula is C60H66. The van der Waals surface area contributed by atoms with Gasteiger partial charge in [0.15, 0.2) is 0 Å². The molecule has 0 heteroatoms. The summed E-state index contributed by atoms with van der Waals surface area (Å²) < 4.78 is 0. The van der Waals surface area contributed by atoms with Crippen molar-refractivity contribution in [2.24, 2.45) is 0 Å². The van der Waals surface area contributed by atoms with E-state index in [4.69, 9.17) is 0 Å². The van der Waals surface area contributed by atoms with Crippen molar-refractivity contribution < 1.29 is 0 Å². The van der Waals surface area contributed by atoms with Crippen molar-refractivity contribution in [3.8, 4) is 0 Å². The van der Waals surface area contributed by atoms with E-state index in [1.807, 2.05) is 0 Å². The molecule has 306 valence electrons. The van der Waals surface area contributed by atoms with Crippen LogP contribution in [-0.4, -0.2) is 0 Å². The second-order valence-corrected chi connectivity index (χ2v) is 18.9. The Hall–Kier alpha value is -4.68. The van der Waals surface area contributed by atoms with Crippen molar-refractivity contribution in [3.63, 3.8) is 0 Å². The van der Waals surface area contributed by atoms with Crippen LogP contribution in [0, 0.1) is 0 Å². The number of fused-ring (bicyclic) bond motifs is 8. The Morgan fingerprint density at radius 2 is 0.500 bits per heavy atom. The summed E-state index contributed by atoms with van der Waals surface area (Å²) in [7, 11) is 0. The molecule has 0 saturated carbocycles. The van der Waals surface area contributed by atoms with Gasteiger partial charge >= 0.3 is 0 Å². The molecule has 0 fully saturated rings. The van der Waals surface area contributed by atoms with E-state index in [0.717, 1.165) is 0 Å². The van der Waals surface area contributed by atoms with Crippen molar-refractivity contribution in [2.45, 2.75) is 155 Å². The largest absolute Gasteiger partial charge is 0.0654 e. The first kappa shape index (κ1) is 39.5. The first-order chi connectivity index (χ1) is 29.8. The molecule has 0 atom stereocenters. The lowest BCUT2D eigenvalue weighted by molar-refractivity contribution is 0.556. The average molecular weight is 787 g/mol. The Balaban J connectivity index is 0.993. The normalized spacial score (nSPS) is 12.6. The number of benzene rings is 10. The molecule has 0 radical (unpaired) electrons. The van der Waals surface area contributed by atoms with Crippen molar-refractivity contribution in [2.75, 3.05) is 0 Å². The molecule has 10 rings (SSSR count). The predicted octanol–water partition coefficient (Wildman–Crippen LogP) is 19.3. The zero-order valence-electron chi connectivity index (χ0n) is 36.8. The molecule has 0 N–H and O–H groups in total. The molecular weight excluding hydrogens is 721 g/mol. The topological polar surface area (TPSA) is 0 Å². The fourth-order valence-electron chi connectivity index (χ4n) is 11.7. The van der Waals surface area contributed by atoms with Gasteiger partial charge in [-0.05, 0) is 134 Å². The second kappa shape index (κ2) is 17.7. The highest BCUT2D eigenvalue weighted by Crippen LogP contribution is 2.53. The first-order valence-corrected chi connectivity index (χ1v) is 24.7. The van der Waals surface area contributed by atoms with Gasteiger partial charge in [0.2, 0.25) is 0 Å². The molecule has 0 spiro atoms. The van der Waals surface area contributed by atoms with E-state index in [2.05, 4.69) is 111 Å². The van der Waals surface area contributed by atoms with Crippen LogP contribution in [0.1, 0.15) is 153 Å². The number of hydrogen-bond acceptors (Lipinski definition) is 0. The van der Waals surface area contributed by atoms with Crippen molar-refractivity contribution >= 4 is 97.0 Å². The SMILES string of the molecule is CCCCCCCCCCCCc1ccc2c(c1)c1cccc3c4ccc5c6ccc(CCCCCCCCCCCC)cc6c6cccc7c8ccc2c(c13)c8c4c5c67. The van der Waals surface area contributed by atoms with Gasteiger partial charge in [0.1, 0.15) is 0 Å². The van der Waals surface area contributed by atoms with Crippen LogP contribution in [0.4, 0.5) is 0 Å². The molecule has 10 aromatic carbocycles. The van der Waals surface area contributed by atoms with Gasteiger partial charge in [-0.3, -0.25) is 0 Å². The monoisotopic (exact) mass is 787 g/mol. The fraction of sp³-hybridized carbons (Fsp3) is 0.400. The van der Waals surface area contributed by atoms with E-state index in [1.54, 1.807) is 0 Å². The maximum absolute atomic E-state index is 2.55. The zero-order valence-corrected chi connectivity index (χ0v) is 36.8. The van der Waals surface area contributed by atoms with Gasteiger partial charge in [-0.15, -0.1) is 0 Å². The van der Waals surface area contributed by atoms with Gasteiger partial charge in [0.25, 0.3) is 0 Å². The Morgan fingerprint density at radius 3 is 0.867 bits per heavy atom. The van der Waals surface area contributed by atoms with Gasteiger partial charge < -0.3 is 0 Å². The number of hydrogen-bond donors (Lipinski definition) is 0. The Bertz CT molecular complexity index is 2810. The third-order valence-corrected chi connectivity index (χ3v) is 14.8. The maximum atomic E-state index is 2.55. The Morgan fingerprint density at radius 1 is 0.233 bits per heavy atom. The summed E-state index contributed by atoms with van der Waals surface area (Å²) >= 11 is 0. The Labute approximate surface area is 358 Å². The third-order valence-electron chi connectivity index (χ3n) is 14.8. The molecule has 60 heavy (non-hydrogen) atoms. The molecule has 0 bridgehead atoms. The molecule has 0 heterocycles. The van der Waals surface area contributed by atoms with Crippen LogP contribution in [0.3, 0.4) is 0 Å². The van der Waals surface area contributed by atoms with Crippen LogP contribution in [0.5, 0.6) is 0 Å². The number of unbranched alkanes of at least 4 members (excludes halogenated alkanes) is 18. The summed E-state index contributed by atoms with van der Waals surface area (Å²) in [5.41, 5.74) is 2.98. The second-order valence-electron chi connectivity index (χ2n) is 18.9. The van der Waals surface area contributed by atoms with E-state index < -0.39 is 0 Å². The van der Waals surface area contributed by atoms with Gasteiger partial charge in [0, 0.05) is 0 Å². The molecule has 0 saturated heterocycles. The van der Waals surface area contributed by atoms with Crippen LogP contribution in [0.25, 0.3) is 97.0 Å². The molecule has 0 unspecified atom stereocenters. The summed E-state index contributed by atoms with van der Waals surface area (Å²) in [6.07, 6.45) is 30.0. The van der Waals surface area contributed by atoms with E-state index in [1.165, 1.54) is 249 Å². The van der Waals surface area contributed by atoms with Gasteiger partial charge in [0.05, 0.1) is 0 Å². The third kappa shape index (κ3) is 7.11. The number of aryl methyl sites for hydroxylation is 2. The lowest BCUT2D eigenvalue weighted by Crippen LogP contribution is -1.96. The lowest BCUT2D eigenvalue weighted by Gasteiger charge is -2.24. The van der Waals surface area contributed by atoms with Crippen LogP contribution >= 0.6 is 0 Å². The summed E-state index contributed by atoms with van der Waals surface area (Å²) in [6.45, 7) is 4.61.